The van der Waals surface area contributed by atoms with Crippen LogP contribution >= 0.6 is 0 Å². The number of benzene rings is 1. The van der Waals surface area contributed by atoms with Crippen LogP contribution < -0.4 is 10.0 Å². The van der Waals surface area contributed by atoms with Crippen LogP contribution in [0.4, 0.5) is 10.5 Å². The van der Waals surface area contributed by atoms with Gasteiger partial charge in [0.1, 0.15) is 0 Å². The first-order valence-electron chi connectivity index (χ1n) is 11.0. The van der Waals surface area contributed by atoms with Gasteiger partial charge in [-0.1, -0.05) is 6.07 Å². The lowest BCUT2D eigenvalue weighted by Gasteiger charge is -2.34. The first kappa shape index (κ1) is 20.7. The van der Waals surface area contributed by atoms with Gasteiger partial charge < -0.3 is 10.2 Å². The molecule has 2 aliphatic carbocycles. The summed E-state index contributed by atoms with van der Waals surface area (Å²) in [6.45, 7) is 6.18. The summed E-state index contributed by atoms with van der Waals surface area (Å²) in [5.41, 5.74) is 5.94. The number of fused-ring (bicyclic) bond motifs is 2. The fraction of sp³-hybridized carbons (Fsp3) is 0.682. The Labute approximate surface area is 174 Å². The smallest absolute Gasteiger partial charge is 0.307 e. The van der Waals surface area contributed by atoms with Gasteiger partial charge >= 0.3 is 6.03 Å². The number of anilines is 1. The normalized spacial score (nSPS) is 20.0. The zero-order valence-corrected chi connectivity index (χ0v) is 18.4. The highest BCUT2D eigenvalue weighted by molar-refractivity contribution is 7.90. The molecular formula is C22H33N3O3S. The van der Waals surface area contributed by atoms with Crippen molar-refractivity contribution in [1.82, 2.24) is 9.62 Å². The van der Waals surface area contributed by atoms with Crippen molar-refractivity contribution in [3.05, 3.63) is 28.3 Å². The van der Waals surface area contributed by atoms with Gasteiger partial charge in [0.25, 0.3) is 0 Å². The first-order valence-corrected chi connectivity index (χ1v) is 12.7. The second-order valence-corrected chi connectivity index (χ2v) is 10.9. The molecule has 2 N–H and O–H groups in total. The molecule has 0 saturated carbocycles. The van der Waals surface area contributed by atoms with Crippen LogP contribution in [0.5, 0.6) is 0 Å². The Kier molecular flexibility index (Phi) is 5.89. The Hall–Kier alpha value is -1.60. The van der Waals surface area contributed by atoms with Crippen molar-refractivity contribution in [1.29, 1.82) is 0 Å². The van der Waals surface area contributed by atoms with E-state index in [1.54, 1.807) is 0 Å². The molecule has 1 fully saturated rings. The third-order valence-electron chi connectivity index (χ3n) is 6.79. The molecule has 0 unspecified atom stereocenters. The standard InChI is InChI=1S/C22H33N3O3S/c1-15(2)25-11-9-16(10-12-25)14-29(27,28)24-22(26)23-21-19-7-3-5-17(19)13-18-6-4-8-20(18)21/h13,15-16H,3-12,14H2,1-2H3,(H2,23,24,26). The zero-order chi connectivity index (χ0) is 20.6. The minimum absolute atomic E-state index is 0.0252. The molecule has 4 rings (SSSR count). The Morgan fingerprint density at radius 1 is 1.07 bits per heavy atom. The number of carbonyl (C=O) groups is 1. The fourth-order valence-electron chi connectivity index (χ4n) is 5.24. The molecule has 6 nitrogen and oxygen atoms in total. The molecule has 0 atom stereocenters. The summed E-state index contributed by atoms with van der Waals surface area (Å²) in [4.78, 5) is 15.0. The number of hydrogen-bond acceptors (Lipinski definition) is 4. The largest absolute Gasteiger partial charge is 0.332 e. The van der Waals surface area contributed by atoms with Gasteiger partial charge in [-0.05, 0) is 106 Å². The topological polar surface area (TPSA) is 78.5 Å². The summed E-state index contributed by atoms with van der Waals surface area (Å²) < 4.78 is 27.5. The highest BCUT2D eigenvalue weighted by Gasteiger charge is 2.28. The Morgan fingerprint density at radius 3 is 2.21 bits per heavy atom. The summed E-state index contributed by atoms with van der Waals surface area (Å²) in [5.74, 6) is 0.137. The monoisotopic (exact) mass is 419 g/mol. The predicted molar refractivity (Wildman–Crippen MR) is 116 cm³/mol. The number of aryl methyl sites for hydroxylation is 2. The van der Waals surface area contributed by atoms with Gasteiger partial charge in [0.15, 0.2) is 0 Å². The van der Waals surface area contributed by atoms with E-state index in [1.165, 1.54) is 22.3 Å². The second-order valence-electron chi connectivity index (χ2n) is 9.14. The lowest BCUT2D eigenvalue weighted by Crippen LogP contribution is -2.42. The van der Waals surface area contributed by atoms with Crippen molar-refractivity contribution in [3.63, 3.8) is 0 Å². The number of nitrogens with zero attached hydrogens (tertiary/aromatic N) is 1. The molecule has 29 heavy (non-hydrogen) atoms. The third-order valence-corrected chi connectivity index (χ3v) is 8.20. The molecule has 1 aromatic carbocycles. The summed E-state index contributed by atoms with van der Waals surface area (Å²) in [5, 5.41) is 2.92. The van der Waals surface area contributed by atoms with Crippen LogP contribution in [0, 0.1) is 5.92 Å². The SMILES string of the molecule is CC(C)N1CCC(CS(=O)(=O)NC(=O)Nc2c3c(cc4c2CCC4)CCC3)CC1. The van der Waals surface area contributed by atoms with Crippen molar-refractivity contribution in [2.45, 2.75) is 71.3 Å². The highest BCUT2D eigenvalue weighted by Crippen LogP contribution is 2.38. The van der Waals surface area contributed by atoms with Gasteiger partial charge in [0, 0.05) is 11.7 Å². The van der Waals surface area contributed by atoms with E-state index in [2.05, 4.69) is 34.9 Å². The number of piperidine rings is 1. The van der Waals surface area contributed by atoms with E-state index < -0.39 is 16.1 Å². The number of sulfonamides is 1. The molecule has 1 aliphatic heterocycles. The molecule has 3 aliphatic rings. The van der Waals surface area contributed by atoms with Crippen molar-refractivity contribution in [2.75, 3.05) is 24.2 Å². The summed E-state index contributed by atoms with van der Waals surface area (Å²) in [6, 6.07) is 2.18. The van der Waals surface area contributed by atoms with Crippen LogP contribution in [0.2, 0.25) is 0 Å². The third kappa shape index (κ3) is 4.61. The van der Waals surface area contributed by atoms with Crippen molar-refractivity contribution < 1.29 is 13.2 Å². The van der Waals surface area contributed by atoms with Crippen molar-refractivity contribution in [2.24, 2.45) is 5.92 Å². The van der Waals surface area contributed by atoms with Gasteiger partial charge in [-0.2, -0.15) is 0 Å². The molecule has 0 radical (unpaired) electrons. The van der Waals surface area contributed by atoms with Crippen molar-refractivity contribution >= 4 is 21.7 Å². The number of likely N-dealkylation sites (tertiary alicyclic amines) is 1. The maximum atomic E-state index is 12.6. The van der Waals surface area contributed by atoms with Crippen molar-refractivity contribution in [3.8, 4) is 0 Å². The highest BCUT2D eigenvalue weighted by atomic mass is 32.2. The molecule has 0 bridgehead atoms. The molecule has 2 amide bonds. The van der Waals surface area contributed by atoms with E-state index in [0.717, 1.165) is 70.1 Å². The Bertz CT molecular complexity index is 855. The van der Waals surface area contributed by atoms with Crippen LogP contribution in [0.1, 0.15) is 61.8 Å². The first-order chi connectivity index (χ1) is 13.8. The average Bonchev–Trinajstić information content (AvgIpc) is 3.30. The van der Waals surface area contributed by atoms with Crippen LogP contribution in [-0.2, 0) is 35.7 Å². The molecule has 0 aromatic heterocycles. The van der Waals surface area contributed by atoms with E-state index in [4.69, 9.17) is 0 Å². The molecular weight excluding hydrogens is 386 g/mol. The van der Waals surface area contributed by atoms with Gasteiger partial charge in [0.2, 0.25) is 10.0 Å². The molecule has 7 heteroatoms. The maximum absolute atomic E-state index is 12.6. The number of nitrogens with one attached hydrogen (secondary N) is 2. The van der Waals surface area contributed by atoms with E-state index >= 15 is 0 Å². The van der Waals surface area contributed by atoms with Gasteiger partial charge in [-0.3, -0.25) is 0 Å². The summed E-state index contributed by atoms with van der Waals surface area (Å²) in [6.07, 6.45) is 7.93. The summed E-state index contributed by atoms with van der Waals surface area (Å²) >= 11 is 0. The van der Waals surface area contributed by atoms with Crippen LogP contribution in [0.15, 0.2) is 6.07 Å². The minimum Gasteiger partial charge on any atom is -0.307 e. The second kappa shape index (κ2) is 8.26. The van der Waals surface area contributed by atoms with Gasteiger partial charge in [0.05, 0.1) is 5.75 Å². The Balaban J connectivity index is 1.39. The number of carbonyl (C=O) groups excluding carboxylic acids is 1. The van der Waals surface area contributed by atoms with E-state index in [-0.39, 0.29) is 11.7 Å². The number of rotatable bonds is 5. The molecule has 1 saturated heterocycles. The van der Waals surface area contributed by atoms with E-state index in [0.29, 0.717) is 6.04 Å². The van der Waals surface area contributed by atoms with E-state index in [1.807, 2.05) is 0 Å². The number of hydrogen-bond donors (Lipinski definition) is 2. The number of urea groups is 1. The molecule has 0 spiro atoms. The van der Waals surface area contributed by atoms with E-state index in [9.17, 15) is 13.2 Å². The lowest BCUT2D eigenvalue weighted by atomic mass is 9.98. The predicted octanol–water partition coefficient (Wildman–Crippen LogP) is 3.24. The van der Waals surface area contributed by atoms with Crippen LogP contribution in [0.3, 0.4) is 0 Å². The van der Waals surface area contributed by atoms with Gasteiger partial charge in [-0.25, -0.2) is 17.9 Å². The van der Waals surface area contributed by atoms with Crippen LogP contribution in [0.25, 0.3) is 0 Å². The molecule has 160 valence electrons. The maximum Gasteiger partial charge on any atom is 0.332 e. The summed E-state index contributed by atoms with van der Waals surface area (Å²) in [7, 11) is -3.65. The van der Waals surface area contributed by atoms with Gasteiger partial charge in [-0.15, -0.1) is 0 Å². The fourth-order valence-corrected chi connectivity index (χ4v) is 6.61. The average molecular weight is 420 g/mol. The quantitative estimate of drug-likeness (QED) is 0.768. The molecule has 1 aromatic rings. The zero-order valence-electron chi connectivity index (χ0n) is 17.6. The minimum atomic E-state index is -3.65. The molecule has 1 heterocycles. The number of amides is 2. The van der Waals surface area contributed by atoms with Crippen LogP contribution in [-0.4, -0.2) is 44.2 Å². The Morgan fingerprint density at radius 2 is 1.66 bits per heavy atom. The lowest BCUT2D eigenvalue weighted by molar-refractivity contribution is 0.157.